The Morgan fingerprint density at radius 1 is 1.55 bits per heavy atom. The van der Waals surface area contributed by atoms with E-state index in [-0.39, 0.29) is 0 Å². The molecule has 1 heterocycles. The highest BCUT2D eigenvalue weighted by atomic mass is 14.7. The zero-order valence-corrected chi connectivity index (χ0v) is 7.39. The van der Waals surface area contributed by atoms with E-state index < -0.39 is 0 Å². The van der Waals surface area contributed by atoms with Gasteiger partial charge in [-0.2, -0.15) is 0 Å². The van der Waals surface area contributed by atoms with Crippen LogP contribution in [0.15, 0.2) is 12.3 Å². The summed E-state index contributed by atoms with van der Waals surface area (Å²) in [6.45, 7) is 6.25. The maximum absolute atomic E-state index is 4.34. The number of aromatic nitrogens is 1. The number of hydrogen-bond donors (Lipinski definition) is 0. The standard InChI is InChI=1S/C9H13BN/c1-4-9-8(10-3)5-7(2)6-11-9/h5-6H,4H2,1-3H3. The summed E-state index contributed by atoms with van der Waals surface area (Å²) in [6.07, 6.45) is 2.94. The predicted octanol–water partition coefficient (Wildman–Crippen LogP) is 1.33. The van der Waals surface area contributed by atoms with Gasteiger partial charge in [0.2, 0.25) is 0 Å². The SMILES string of the molecule is C[B]c1cc(C)cnc1CC. The lowest BCUT2D eigenvalue weighted by molar-refractivity contribution is 1.04. The van der Waals surface area contributed by atoms with Gasteiger partial charge in [-0.3, -0.25) is 4.98 Å². The van der Waals surface area contributed by atoms with Crippen LogP contribution in [0.1, 0.15) is 18.2 Å². The van der Waals surface area contributed by atoms with Crippen LogP contribution in [0.2, 0.25) is 6.82 Å². The molecule has 0 fully saturated rings. The summed E-state index contributed by atoms with van der Waals surface area (Å²) < 4.78 is 0. The van der Waals surface area contributed by atoms with Gasteiger partial charge in [0.05, 0.1) is 0 Å². The first-order chi connectivity index (χ1) is 5.27. The summed E-state index contributed by atoms with van der Waals surface area (Å²) in [5.41, 5.74) is 3.70. The summed E-state index contributed by atoms with van der Waals surface area (Å²) >= 11 is 0. The highest BCUT2D eigenvalue weighted by Gasteiger charge is 1.99. The topological polar surface area (TPSA) is 12.9 Å². The van der Waals surface area contributed by atoms with Gasteiger partial charge in [0, 0.05) is 11.9 Å². The van der Waals surface area contributed by atoms with Crippen LogP contribution >= 0.6 is 0 Å². The van der Waals surface area contributed by atoms with E-state index in [1.54, 1.807) is 0 Å². The fourth-order valence-electron chi connectivity index (χ4n) is 1.17. The molecule has 0 saturated heterocycles. The number of aryl methyl sites for hydroxylation is 2. The van der Waals surface area contributed by atoms with Crippen molar-refractivity contribution in [1.82, 2.24) is 4.98 Å². The molecule has 1 aromatic rings. The van der Waals surface area contributed by atoms with E-state index in [0.717, 1.165) is 6.42 Å². The number of nitrogens with zero attached hydrogens (tertiary/aromatic N) is 1. The van der Waals surface area contributed by atoms with E-state index in [2.05, 4.69) is 39.0 Å². The second-order valence-corrected chi connectivity index (χ2v) is 2.69. The van der Waals surface area contributed by atoms with E-state index in [9.17, 15) is 0 Å². The fraction of sp³-hybridized carbons (Fsp3) is 0.444. The summed E-state index contributed by atoms with van der Waals surface area (Å²) in [6, 6.07) is 2.17. The lowest BCUT2D eigenvalue weighted by Gasteiger charge is -2.03. The Bertz CT molecular complexity index is 245. The molecule has 57 valence electrons. The largest absolute Gasteiger partial charge is 0.262 e. The minimum Gasteiger partial charge on any atom is -0.262 e. The van der Waals surface area contributed by atoms with Crippen LogP contribution in [0, 0.1) is 6.92 Å². The molecule has 0 unspecified atom stereocenters. The second kappa shape index (κ2) is 3.56. The molecule has 1 nitrogen and oxygen atoms in total. The van der Waals surface area contributed by atoms with Gasteiger partial charge in [-0.1, -0.05) is 25.3 Å². The number of rotatable bonds is 2. The molecule has 1 aromatic heterocycles. The van der Waals surface area contributed by atoms with Gasteiger partial charge in [0.25, 0.3) is 0 Å². The molecule has 0 bridgehead atoms. The van der Waals surface area contributed by atoms with Gasteiger partial charge in [0.15, 0.2) is 7.28 Å². The molecule has 0 spiro atoms. The van der Waals surface area contributed by atoms with Crippen molar-refractivity contribution in [2.75, 3.05) is 0 Å². The first-order valence-electron chi connectivity index (χ1n) is 4.02. The second-order valence-electron chi connectivity index (χ2n) is 2.69. The molecule has 0 saturated carbocycles. The molecule has 0 atom stereocenters. The molecule has 0 aliphatic rings. The molecule has 1 radical (unpaired) electrons. The van der Waals surface area contributed by atoms with Crippen molar-refractivity contribution < 1.29 is 0 Å². The molecular weight excluding hydrogens is 133 g/mol. The van der Waals surface area contributed by atoms with Gasteiger partial charge < -0.3 is 0 Å². The smallest absolute Gasteiger partial charge is 0.150 e. The first-order valence-corrected chi connectivity index (χ1v) is 4.02. The summed E-state index contributed by atoms with van der Waals surface area (Å²) in [7, 11) is 2.11. The third kappa shape index (κ3) is 1.82. The number of hydrogen-bond acceptors (Lipinski definition) is 1. The van der Waals surface area contributed by atoms with Crippen LogP contribution in [0.5, 0.6) is 0 Å². The number of pyridine rings is 1. The van der Waals surface area contributed by atoms with Crippen molar-refractivity contribution in [2.24, 2.45) is 0 Å². The first kappa shape index (κ1) is 8.31. The summed E-state index contributed by atoms with van der Waals surface area (Å²) in [4.78, 5) is 4.34. The Labute approximate surface area is 69.1 Å². The van der Waals surface area contributed by atoms with E-state index in [1.807, 2.05) is 6.20 Å². The minimum absolute atomic E-state index is 1.01. The highest BCUT2D eigenvalue weighted by molar-refractivity contribution is 6.52. The van der Waals surface area contributed by atoms with Gasteiger partial charge in [0.1, 0.15) is 0 Å². The highest BCUT2D eigenvalue weighted by Crippen LogP contribution is 1.96. The van der Waals surface area contributed by atoms with Crippen molar-refractivity contribution >= 4 is 12.7 Å². The molecule has 0 N–H and O–H groups in total. The van der Waals surface area contributed by atoms with Gasteiger partial charge in [-0.15, -0.1) is 0 Å². The molecule has 0 aliphatic heterocycles. The average molecular weight is 146 g/mol. The van der Waals surface area contributed by atoms with E-state index in [4.69, 9.17) is 0 Å². The van der Waals surface area contributed by atoms with Crippen LogP contribution in [-0.4, -0.2) is 12.3 Å². The van der Waals surface area contributed by atoms with E-state index >= 15 is 0 Å². The molecule has 11 heavy (non-hydrogen) atoms. The Morgan fingerprint density at radius 2 is 2.27 bits per heavy atom. The average Bonchev–Trinajstić information content (AvgIpc) is 2.04. The summed E-state index contributed by atoms with van der Waals surface area (Å²) in [5.74, 6) is 0. The van der Waals surface area contributed by atoms with Crippen molar-refractivity contribution in [3.63, 3.8) is 0 Å². The molecule has 0 amide bonds. The Morgan fingerprint density at radius 3 is 2.82 bits per heavy atom. The Kier molecular flexibility index (Phi) is 2.69. The fourth-order valence-corrected chi connectivity index (χ4v) is 1.17. The normalized spacial score (nSPS) is 9.73. The van der Waals surface area contributed by atoms with Crippen molar-refractivity contribution in [1.29, 1.82) is 0 Å². The quantitative estimate of drug-likeness (QED) is 0.573. The Hall–Kier alpha value is -0.785. The predicted molar refractivity (Wildman–Crippen MR) is 49.6 cm³/mol. The molecule has 1 rings (SSSR count). The lowest BCUT2D eigenvalue weighted by Crippen LogP contribution is -2.18. The van der Waals surface area contributed by atoms with Gasteiger partial charge in [-0.25, -0.2) is 0 Å². The van der Waals surface area contributed by atoms with Crippen molar-refractivity contribution in [3.8, 4) is 0 Å². The van der Waals surface area contributed by atoms with Gasteiger partial charge >= 0.3 is 0 Å². The minimum atomic E-state index is 1.01. The Balaban J connectivity index is 3.06. The lowest BCUT2D eigenvalue weighted by atomic mass is 9.71. The van der Waals surface area contributed by atoms with E-state index in [1.165, 1.54) is 16.7 Å². The van der Waals surface area contributed by atoms with Crippen molar-refractivity contribution in [3.05, 3.63) is 23.5 Å². The van der Waals surface area contributed by atoms with Crippen LogP contribution in [0.25, 0.3) is 0 Å². The monoisotopic (exact) mass is 146 g/mol. The zero-order valence-electron chi connectivity index (χ0n) is 7.39. The third-order valence-electron chi connectivity index (χ3n) is 1.79. The molecule has 0 aromatic carbocycles. The molecule has 0 aliphatic carbocycles. The van der Waals surface area contributed by atoms with E-state index in [0.29, 0.717) is 0 Å². The van der Waals surface area contributed by atoms with Crippen LogP contribution in [-0.2, 0) is 6.42 Å². The van der Waals surface area contributed by atoms with Crippen LogP contribution < -0.4 is 5.46 Å². The molecular formula is C9H13BN. The maximum atomic E-state index is 4.34. The van der Waals surface area contributed by atoms with Gasteiger partial charge in [-0.05, 0) is 18.9 Å². The summed E-state index contributed by atoms with van der Waals surface area (Å²) in [5, 5.41) is 0. The maximum Gasteiger partial charge on any atom is 0.150 e. The zero-order chi connectivity index (χ0) is 8.27. The molecule has 2 heteroatoms. The van der Waals surface area contributed by atoms with Crippen LogP contribution in [0.4, 0.5) is 0 Å². The third-order valence-corrected chi connectivity index (χ3v) is 1.79. The van der Waals surface area contributed by atoms with Crippen molar-refractivity contribution in [2.45, 2.75) is 27.1 Å². The van der Waals surface area contributed by atoms with Crippen LogP contribution in [0.3, 0.4) is 0 Å².